The SMILES string of the molecule is COCCN(CC(=O)N1N=C(c2ccccc2F)C[C@@H]1c1ccccc1F)C(=O)c1ccccc1Cl. The van der Waals surface area contributed by atoms with E-state index in [-0.39, 0.29) is 47.8 Å². The highest BCUT2D eigenvalue weighted by Gasteiger charge is 2.36. The Kier molecular flexibility index (Phi) is 8.07. The normalized spacial score (nSPS) is 15.1. The Labute approximate surface area is 212 Å². The molecular weight excluding hydrogens is 488 g/mol. The van der Waals surface area contributed by atoms with Crippen molar-refractivity contribution in [3.63, 3.8) is 0 Å². The lowest BCUT2D eigenvalue weighted by Crippen LogP contribution is -2.43. The summed E-state index contributed by atoms with van der Waals surface area (Å²) in [6.45, 7) is -0.0508. The molecule has 0 fully saturated rings. The minimum Gasteiger partial charge on any atom is -0.383 e. The van der Waals surface area contributed by atoms with E-state index in [1.807, 2.05) is 0 Å². The molecule has 2 amide bonds. The van der Waals surface area contributed by atoms with Crippen molar-refractivity contribution in [1.82, 2.24) is 9.91 Å². The van der Waals surface area contributed by atoms with Gasteiger partial charge < -0.3 is 9.64 Å². The van der Waals surface area contributed by atoms with Gasteiger partial charge in [-0.05, 0) is 24.3 Å². The fourth-order valence-electron chi connectivity index (χ4n) is 4.08. The highest BCUT2D eigenvalue weighted by molar-refractivity contribution is 6.33. The van der Waals surface area contributed by atoms with Crippen molar-refractivity contribution in [2.75, 3.05) is 26.8 Å². The maximum absolute atomic E-state index is 14.8. The standard InChI is InChI=1S/C27H24ClF2N3O3/c1-36-15-14-32(27(35)18-8-2-5-11-21(18)28)17-26(34)33-25(20-10-4-7-13-23(20)30)16-24(31-33)19-9-3-6-12-22(19)29/h2-13,25H,14-17H2,1H3/t25-/m1/s1. The van der Waals surface area contributed by atoms with Crippen LogP contribution in [0.25, 0.3) is 0 Å². The number of ether oxygens (including phenoxy) is 1. The summed E-state index contributed by atoms with van der Waals surface area (Å²) < 4.78 is 34.4. The van der Waals surface area contributed by atoms with Crippen LogP contribution in [-0.4, -0.2) is 54.2 Å². The van der Waals surface area contributed by atoms with Crippen LogP contribution in [0, 0.1) is 11.6 Å². The summed E-state index contributed by atoms with van der Waals surface area (Å²) in [4.78, 5) is 28.1. The monoisotopic (exact) mass is 511 g/mol. The van der Waals surface area contributed by atoms with E-state index in [1.54, 1.807) is 60.7 Å². The van der Waals surface area contributed by atoms with Crippen molar-refractivity contribution in [2.45, 2.75) is 12.5 Å². The number of hydrazone groups is 1. The zero-order valence-corrected chi connectivity index (χ0v) is 20.3. The Hall–Kier alpha value is -3.62. The predicted molar refractivity (Wildman–Crippen MR) is 133 cm³/mol. The van der Waals surface area contributed by atoms with Gasteiger partial charge in [0.25, 0.3) is 11.8 Å². The van der Waals surface area contributed by atoms with Crippen molar-refractivity contribution in [1.29, 1.82) is 0 Å². The topological polar surface area (TPSA) is 62.2 Å². The fourth-order valence-corrected chi connectivity index (χ4v) is 4.30. The van der Waals surface area contributed by atoms with E-state index in [0.29, 0.717) is 5.71 Å². The summed E-state index contributed by atoms with van der Waals surface area (Å²) in [5.74, 6) is -2.00. The van der Waals surface area contributed by atoms with Gasteiger partial charge >= 0.3 is 0 Å². The number of amides is 2. The number of hydrogen-bond acceptors (Lipinski definition) is 4. The van der Waals surface area contributed by atoms with Crippen molar-refractivity contribution in [2.24, 2.45) is 5.10 Å². The summed E-state index contributed by atoms with van der Waals surface area (Å²) in [5.41, 5.74) is 1.04. The van der Waals surface area contributed by atoms with E-state index >= 15 is 0 Å². The highest BCUT2D eigenvalue weighted by Crippen LogP contribution is 2.34. The van der Waals surface area contributed by atoms with Gasteiger partial charge in [-0.25, -0.2) is 13.8 Å². The molecule has 0 unspecified atom stereocenters. The smallest absolute Gasteiger partial charge is 0.262 e. The quantitative estimate of drug-likeness (QED) is 0.423. The van der Waals surface area contributed by atoms with Gasteiger partial charge in [0.05, 0.1) is 28.9 Å². The van der Waals surface area contributed by atoms with E-state index in [4.69, 9.17) is 16.3 Å². The predicted octanol–water partition coefficient (Wildman–Crippen LogP) is 5.08. The molecule has 0 bridgehead atoms. The molecule has 1 aliphatic rings. The Bertz CT molecular complexity index is 1300. The first kappa shape index (κ1) is 25.5. The van der Waals surface area contributed by atoms with Crippen LogP contribution in [0.4, 0.5) is 8.78 Å². The van der Waals surface area contributed by atoms with Gasteiger partial charge in [0.1, 0.15) is 18.2 Å². The molecule has 0 saturated carbocycles. The van der Waals surface area contributed by atoms with Crippen LogP contribution in [0.5, 0.6) is 0 Å². The first-order valence-electron chi connectivity index (χ1n) is 11.3. The van der Waals surface area contributed by atoms with E-state index in [1.165, 1.54) is 24.1 Å². The van der Waals surface area contributed by atoms with Crippen molar-refractivity contribution >= 4 is 29.1 Å². The van der Waals surface area contributed by atoms with E-state index in [2.05, 4.69) is 5.10 Å². The average molecular weight is 512 g/mol. The molecule has 36 heavy (non-hydrogen) atoms. The molecule has 6 nitrogen and oxygen atoms in total. The number of methoxy groups -OCH3 is 1. The molecule has 0 aromatic heterocycles. The summed E-state index contributed by atoms with van der Waals surface area (Å²) in [6, 6.07) is 17.9. The number of hydrogen-bond donors (Lipinski definition) is 0. The van der Waals surface area contributed by atoms with Gasteiger partial charge in [-0.3, -0.25) is 9.59 Å². The van der Waals surface area contributed by atoms with E-state index in [9.17, 15) is 18.4 Å². The second-order valence-electron chi connectivity index (χ2n) is 8.21. The molecule has 0 radical (unpaired) electrons. The van der Waals surface area contributed by atoms with Crippen LogP contribution in [0.15, 0.2) is 77.9 Å². The van der Waals surface area contributed by atoms with Gasteiger partial charge in [-0.2, -0.15) is 5.10 Å². The van der Waals surface area contributed by atoms with E-state index < -0.39 is 29.5 Å². The third kappa shape index (κ3) is 5.45. The fraction of sp³-hybridized carbons (Fsp3) is 0.222. The second kappa shape index (κ2) is 11.4. The van der Waals surface area contributed by atoms with Gasteiger partial charge in [-0.15, -0.1) is 0 Å². The Balaban J connectivity index is 1.67. The number of benzene rings is 3. The lowest BCUT2D eigenvalue weighted by Gasteiger charge is -2.27. The molecule has 1 atom stereocenters. The number of rotatable bonds is 8. The molecule has 4 rings (SSSR count). The summed E-state index contributed by atoms with van der Waals surface area (Å²) in [5, 5.41) is 5.79. The first-order chi connectivity index (χ1) is 17.4. The molecule has 1 heterocycles. The Morgan fingerprint density at radius 3 is 2.39 bits per heavy atom. The van der Waals surface area contributed by atoms with Crippen LogP contribution in [-0.2, 0) is 9.53 Å². The maximum Gasteiger partial charge on any atom is 0.262 e. The summed E-state index contributed by atoms with van der Waals surface area (Å²) in [6.07, 6.45) is 0.115. The van der Waals surface area contributed by atoms with Gasteiger partial charge in [-0.1, -0.05) is 60.1 Å². The zero-order valence-electron chi connectivity index (χ0n) is 19.5. The van der Waals surface area contributed by atoms with Crippen LogP contribution in [0.1, 0.15) is 33.9 Å². The third-order valence-electron chi connectivity index (χ3n) is 5.90. The third-order valence-corrected chi connectivity index (χ3v) is 6.23. The molecule has 9 heteroatoms. The van der Waals surface area contributed by atoms with Crippen molar-refractivity contribution in [3.8, 4) is 0 Å². The second-order valence-corrected chi connectivity index (χ2v) is 8.61. The van der Waals surface area contributed by atoms with Crippen LogP contribution in [0.2, 0.25) is 5.02 Å². The lowest BCUT2D eigenvalue weighted by molar-refractivity contribution is -0.133. The van der Waals surface area contributed by atoms with E-state index in [0.717, 1.165) is 5.01 Å². The highest BCUT2D eigenvalue weighted by atomic mass is 35.5. The van der Waals surface area contributed by atoms with Gasteiger partial charge in [0.2, 0.25) is 0 Å². The average Bonchev–Trinajstić information content (AvgIpc) is 3.32. The molecular formula is C27H24ClF2N3O3. The Morgan fingerprint density at radius 1 is 1.03 bits per heavy atom. The molecule has 3 aromatic carbocycles. The Morgan fingerprint density at radius 2 is 1.69 bits per heavy atom. The number of carbonyl (C=O) groups excluding carboxylic acids is 2. The van der Waals surface area contributed by atoms with Crippen LogP contribution >= 0.6 is 11.6 Å². The number of carbonyl (C=O) groups is 2. The molecule has 186 valence electrons. The lowest BCUT2D eigenvalue weighted by atomic mass is 9.97. The van der Waals surface area contributed by atoms with Crippen molar-refractivity contribution < 1.29 is 23.1 Å². The zero-order chi connectivity index (χ0) is 25.7. The first-order valence-corrected chi connectivity index (χ1v) is 11.7. The summed E-state index contributed by atoms with van der Waals surface area (Å²) in [7, 11) is 1.49. The molecule has 0 aliphatic carbocycles. The summed E-state index contributed by atoms with van der Waals surface area (Å²) >= 11 is 6.21. The maximum atomic E-state index is 14.8. The number of nitrogens with zero attached hydrogens (tertiary/aromatic N) is 3. The molecule has 3 aromatic rings. The van der Waals surface area contributed by atoms with Crippen LogP contribution < -0.4 is 0 Å². The largest absolute Gasteiger partial charge is 0.383 e. The van der Waals surface area contributed by atoms with Gasteiger partial charge in [0.15, 0.2) is 0 Å². The van der Waals surface area contributed by atoms with Crippen molar-refractivity contribution in [3.05, 3.63) is 106 Å². The van der Waals surface area contributed by atoms with Crippen LogP contribution in [0.3, 0.4) is 0 Å². The van der Waals surface area contributed by atoms with Gasteiger partial charge in [0, 0.05) is 31.2 Å². The number of halogens is 3. The minimum atomic E-state index is -0.798. The molecule has 0 saturated heterocycles. The molecule has 1 aliphatic heterocycles. The molecule has 0 spiro atoms. The molecule has 0 N–H and O–H groups in total. The minimum absolute atomic E-state index is 0.115.